The second kappa shape index (κ2) is 6.70. The van der Waals surface area contributed by atoms with Gasteiger partial charge in [0.25, 0.3) is 10.0 Å². The van der Waals surface area contributed by atoms with Gasteiger partial charge in [-0.1, -0.05) is 22.0 Å². The molecule has 1 heterocycles. The summed E-state index contributed by atoms with van der Waals surface area (Å²) < 4.78 is 30.2. The molecule has 0 atom stereocenters. The molecule has 0 radical (unpaired) electrons. The van der Waals surface area contributed by atoms with Gasteiger partial charge < -0.3 is 0 Å². The third-order valence-corrected chi connectivity index (χ3v) is 5.28. The number of sulfonamides is 1. The number of aromatic nitrogens is 2. The van der Waals surface area contributed by atoms with Gasteiger partial charge in [-0.05, 0) is 49.4 Å². The first-order valence-electron chi connectivity index (χ1n) is 7.25. The van der Waals surface area contributed by atoms with Crippen LogP contribution in [-0.4, -0.2) is 18.2 Å². The number of nitrogens with one attached hydrogen (secondary N) is 1. The minimum absolute atomic E-state index is 0.0751. The number of anilines is 1. The number of hydrogen-bond donors (Lipinski definition) is 1. The standard InChI is InChI=1S/C17H13BrN4O2S/c1-12-9-17(22(20-12)15-4-2-3-14(18)10-15)21-25(23,24)16-7-5-13(11-19)6-8-16/h2-10,21H,1H3. The van der Waals surface area contributed by atoms with Crippen LogP contribution in [0.15, 0.2) is 64.0 Å². The first-order valence-corrected chi connectivity index (χ1v) is 9.52. The number of rotatable bonds is 4. The van der Waals surface area contributed by atoms with Gasteiger partial charge in [0.15, 0.2) is 0 Å². The predicted octanol–water partition coefficient (Wildman–Crippen LogP) is 3.62. The van der Waals surface area contributed by atoms with Gasteiger partial charge in [-0.15, -0.1) is 0 Å². The Bertz CT molecular complexity index is 1070. The van der Waals surface area contributed by atoms with Crippen molar-refractivity contribution in [2.24, 2.45) is 0 Å². The number of nitrogens with zero attached hydrogens (tertiary/aromatic N) is 3. The lowest BCUT2D eigenvalue weighted by Gasteiger charge is -2.11. The Labute approximate surface area is 153 Å². The van der Waals surface area contributed by atoms with Gasteiger partial charge in [0.2, 0.25) is 0 Å². The van der Waals surface area contributed by atoms with Crippen molar-refractivity contribution in [1.82, 2.24) is 9.78 Å². The Balaban J connectivity index is 1.99. The number of benzene rings is 2. The summed E-state index contributed by atoms with van der Waals surface area (Å²) >= 11 is 3.40. The van der Waals surface area contributed by atoms with Crippen molar-refractivity contribution in [2.75, 3.05) is 4.72 Å². The Morgan fingerprint density at radius 1 is 1.16 bits per heavy atom. The minimum Gasteiger partial charge on any atom is -0.263 e. The van der Waals surface area contributed by atoms with Crippen molar-refractivity contribution in [2.45, 2.75) is 11.8 Å². The Morgan fingerprint density at radius 3 is 2.52 bits per heavy atom. The average molecular weight is 417 g/mol. The normalized spacial score (nSPS) is 11.1. The Morgan fingerprint density at radius 2 is 1.88 bits per heavy atom. The average Bonchev–Trinajstić information content (AvgIpc) is 2.94. The summed E-state index contributed by atoms with van der Waals surface area (Å²) in [6, 6.07) is 16.7. The zero-order valence-corrected chi connectivity index (χ0v) is 15.5. The first-order chi connectivity index (χ1) is 11.9. The van der Waals surface area contributed by atoms with E-state index in [-0.39, 0.29) is 4.90 Å². The summed E-state index contributed by atoms with van der Waals surface area (Å²) in [6.07, 6.45) is 0. The molecule has 3 aromatic rings. The maximum atomic E-state index is 12.6. The molecular formula is C17H13BrN4O2S. The van der Waals surface area contributed by atoms with Gasteiger partial charge >= 0.3 is 0 Å². The molecule has 0 saturated heterocycles. The molecule has 0 saturated carbocycles. The van der Waals surface area contributed by atoms with Crippen LogP contribution >= 0.6 is 15.9 Å². The minimum atomic E-state index is -3.80. The van der Waals surface area contributed by atoms with Crippen molar-refractivity contribution in [3.8, 4) is 11.8 Å². The van der Waals surface area contributed by atoms with Crippen LogP contribution in [0.25, 0.3) is 5.69 Å². The molecule has 2 aromatic carbocycles. The third kappa shape index (κ3) is 3.73. The molecule has 6 nitrogen and oxygen atoms in total. The number of aryl methyl sites for hydroxylation is 1. The van der Waals surface area contributed by atoms with Gasteiger partial charge in [-0.2, -0.15) is 10.4 Å². The maximum Gasteiger partial charge on any atom is 0.263 e. The van der Waals surface area contributed by atoms with Crippen LogP contribution in [-0.2, 0) is 10.0 Å². The number of halogens is 1. The van der Waals surface area contributed by atoms with Crippen molar-refractivity contribution in [1.29, 1.82) is 5.26 Å². The maximum absolute atomic E-state index is 12.6. The molecule has 1 aromatic heterocycles. The van der Waals surface area contributed by atoms with E-state index in [2.05, 4.69) is 25.8 Å². The van der Waals surface area contributed by atoms with E-state index < -0.39 is 10.0 Å². The number of nitriles is 1. The molecular weight excluding hydrogens is 404 g/mol. The van der Waals surface area contributed by atoms with Crippen LogP contribution in [0, 0.1) is 18.3 Å². The van der Waals surface area contributed by atoms with Gasteiger partial charge in [0.1, 0.15) is 5.82 Å². The molecule has 0 unspecified atom stereocenters. The third-order valence-electron chi connectivity index (χ3n) is 3.42. The predicted molar refractivity (Wildman–Crippen MR) is 98.0 cm³/mol. The Kier molecular flexibility index (Phi) is 4.61. The van der Waals surface area contributed by atoms with E-state index >= 15 is 0 Å². The van der Waals surface area contributed by atoms with Crippen LogP contribution in [0.5, 0.6) is 0 Å². The first kappa shape index (κ1) is 17.2. The van der Waals surface area contributed by atoms with Gasteiger partial charge in [-0.25, -0.2) is 13.1 Å². The van der Waals surface area contributed by atoms with Crippen LogP contribution in [0.2, 0.25) is 0 Å². The Hall–Kier alpha value is -2.63. The quantitative estimate of drug-likeness (QED) is 0.703. The zero-order chi connectivity index (χ0) is 18.0. The van der Waals surface area contributed by atoms with E-state index in [0.29, 0.717) is 17.1 Å². The topological polar surface area (TPSA) is 87.8 Å². The van der Waals surface area contributed by atoms with E-state index in [1.165, 1.54) is 28.9 Å². The van der Waals surface area contributed by atoms with Gasteiger partial charge in [0, 0.05) is 10.5 Å². The summed E-state index contributed by atoms with van der Waals surface area (Å²) in [5.41, 5.74) is 1.80. The molecule has 0 aliphatic rings. The molecule has 8 heteroatoms. The summed E-state index contributed by atoms with van der Waals surface area (Å²) in [6.45, 7) is 1.79. The largest absolute Gasteiger partial charge is 0.263 e. The molecule has 3 rings (SSSR count). The van der Waals surface area contributed by atoms with E-state index in [9.17, 15) is 8.42 Å². The zero-order valence-electron chi connectivity index (χ0n) is 13.1. The fourth-order valence-electron chi connectivity index (χ4n) is 2.28. The summed E-state index contributed by atoms with van der Waals surface area (Å²) in [4.78, 5) is 0.0751. The molecule has 0 amide bonds. The summed E-state index contributed by atoms with van der Waals surface area (Å²) in [5.74, 6) is 0.333. The molecule has 0 aliphatic carbocycles. The number of hydrogen-bond acceptors (Lipinski definition) is 4. The fourth-order valence-corrected chi connectivity index (χ4v) is 3.70. The molecule has 0 fully saturated rings. The highest BCUT2D eigenvalue weighted by Crippen LogP contribution is 2.23. The summed E-state index contributed by atoms with van der Waals surface area (Å²) in [7, 11) is -3.80. The van der Waals surface area contributed by atoms with E-state index in [1.807, 2.05) is 30.3 Å². The monoisotopic (exact) mass is 416 g/mol. The van der Waals surface area contributed by atoms with Gasteiger partial charge in [0.05, 0.1) is 27.9 Å². The van der Waals surface area contributed by atoms with Crippen LogP contribution in [0.4, 0.5) is 5.82 Å². The molecule has 1 N–H and O–H groups in total. The van der Waals surface area contributed by atoms with Crippen LogP contribution in [0.3, 0.4) is 0 Å². The van der Waals surface area contributed by atoms with Crippen molar-refractivity contribution in [3.63, 3.8) is 0 Å². The highest BCUT2D eigenvalue weighted by atomic mass is 79.9. The smallest absolute Gasteiger partial charge is 0.263 e. The molecule has 0 bridgehead atoms. The van der Waals surface area contributed by atoms with Gasteiger partial charge in [-0.3, -0.25) is 4.72 Å². The molecule has 126 valence electrons. The molecule has 0 spiro atoms. The van der Waals surface area contributed by atoms with Crippen molar-refractivity contribution in [3.05, 3.63) is 70.3 Å². The SMILES string of the molecule is Cc1cc(NS(=O)(=O)c2ccc(C#N)cc2)n(-c2cccc(Br)c2)n1. The highest BCUT2D eigenvalue weighted by Gasteiger charge is 2.18. The lowest BCUT2D eigenvalue weighted by Crippen LogP contribution is -2.16. The van der Waals surface area contributed by atoms with E-state index in [0.717, 1.165) is 10.2 Å². The van der Waals surface area contributed by atoms with Crippen LogP contribution in [0.1, 0.15) is 11.3 Å². The van der Waals surface area contributed by atoms with Crippen molar-refractivity contribution < 1.29 is 8.42 Å². The molecule has 25 heavy (non-hydrogen) atoms. The van der Waals surface area contributed by atoms with E-state index in [1.54, 1.807) is 13.0 Å². The second-order valence-corrected chi connectivity index (χ2v) is 7.90. The fraction of sp³-hybridized carbons (Fsp3) is 0.0588. The second-order valence-electron chi connectivity index (χ2n) is 5.30. The van der Waals surface area contributed by atoms with E-state index in [4.69, 9.17) is 5.26 Å². The lowest BCUT2D eigenvalue weighted by atomic mass is 10.2. The van der Waals surface area contributed by atoms with Crippen LogP contribution < -0.4 is 4.72 Å². The van der Waals surface area contributed by atoms with Crippen molar-refractivity contribution >= 4 is 31.8 Å². The highest BCUT2D eigenvalue weighted by molar-refractivity contribution is 9.10. The lowest BCUT2D eigenvalue weighted by molar-refractivity contribution is 0.600. The summed E-state index contributed by atoms with van der Waals surface area (Å²) in [5, 5.41) is 13.2. The molecule has 0 aliphatic heterocycles.